The van der Waals surface area contributed by atoms with Crippen LogP contribution in [0, 0.1) is 0 Å². The fraction of sp³-hybridized carbons (Fsp3) is 0.545. The van der Waals surface area contributed by atoms with E-state index in [0.29, 0.717) is 6.54 Å². The normalized spacial score (nSPS) is 17.2. The average molecular weight is 252 g/mol. The Hall–Kier alpha value is -1.30. The second-order valence-electron chi connectivity index (χ2n) is 4.25. The van der Waals surface area contributed by atoms with Crippen molar-refractivity contribution in [3.8, 4) is 0 Å². The summed E-state index contributed by atoms with van der Waals surface area (Å²) in [4.78, 5) is 19.6. The number of rotatable bonds is 4. The molecule has 92 valence electrons. The van der Waals surface area contributed by atoms with Crippen LogP contribution in [0.4, 0.5) is 5.82 Å². The van der Waals surface area contributed by atoms with Crippen LogP contribution in [0.3, 0.4) is 0 Å². The van der Waals surface area contributed by atoms with E-state index < -0.39 is 0 Å². The number of nitrogens with one attached hydrogen (secondary N) is 1. The molecule has 0 spiro atoms. The molecule has 1 fully saturated rings. The zero-order valence-electron chi connectivity index (χ0n) is 9.77. The van der Waals surface area contributed by atoms with E-state index in [9.17, 15) is 4.79 Å². The standard InChI is InChI=1S/C11H16N4OS/c1-17-11(3-2-4-11)7-14-10(16)8-5-13-6-9(12)15-8/h5-6H,2-4,7H2,1H3,(H2,12,15)(H,14,16). The van der Waals surface area contributed by atoms with E-state index in [-0.39, 0.29) is 22.2 Å². The van der Waals surface area contributed by atoms with Crippen LogP contribution >= 0.6 is 11.8 Å². The monoisotopic (exact) mass is 252 g/mol. The molecule has 0 unspecified atom stereocenters. The number of carbonyl (C=O) groups excluding carboxylic acids is 1. The molecule has 1 heterocycles. The van der Waals surface area contributed by atoms with Crippen molar-refractivity contribution in [2.75, 3.05) is 18.5 Å². The molecular formula is C11H16N4OS. The predicted octanol–water partition coefficient (Wildman–Crippen LogP) is 1.07. The second-order valence-corrected chi connectivity index (χ2v) is 5.53. The van der Waals surface area contributed by atoms with E-state index in [1.807, 2.05) is 11.8 Å². The molecule has 2 rings (SSSR count). The van der Waals surface area contributed by atoms with Crippen molar-refractivity contribution in [2.24, 2.45) is 0 Å². The number of aromatic nitrogens is 2. The lowest BCUT2D eigenvalue weighted by molar-refractivity contribution is 0.0938. The van der Waals surface area contributed by atoms with Gasteiger partial charge in [0.15, 0.2) is 0 Å². The van der Waals surface area contributed by atoms with Crippen LogP contribution in [0.2, 0.25) is 0 Å². The first-order chi connectivity index (χ1) is 8.15. The van der Waals surface area contributed by atoms with Crippen molar-refractivity contribution in [2.45, 2.75) is 24.0 Å². The molecular weight excluding hydrogens is 236 g/mol. The number of thioether (sulfide) groups is 1. The quantitative estimate of drug-likeness (QED) is 0.838. The second kappa shape index (κ2) is 4.91. The number of hydrogen-bond acceptors (Lipinski definition) is 5. The van der Waals surface area contributed by atoms with Gasteiger partial charge in [-0.2, -0.15) is 11.8 Å². The maximum atomic E-state index is 11.8. The SMILES string of the molecule is CSC1(CNC(=O)c2cncc(N)n2)CCC1. The smallest absolute Gasteiger partial charge is 0.271 e. The predicted molar refractivity (Wildman–Crippen MR) is 68.9 cm³/mol. The van der Waals surface area contributed by atoms with Gasteiger partial charge < -0.3 is 11.1 Å². The summed E-state index contributed by atoms with van der Waals surface area (Å²) in [5.74, 6) is 0.0611. The van der Waals surface area contributed by atoms with Crippen LogP contribution in [0.5, 0.6) is 0 Å². The minimum absolute atomic E-state index is 0.204. The molecule has 3 N–H and O–H groups in total. The Balaban J connectivity index is 1.93. The molecule has 6 heteroatoms. The Morgan fingerprint density at radius 2 is 2.35 bits per heavy atom. The molecule has 1 amide bonds. The molecule has 0 aliphatic heterocycles. The lowest BCUT2D eigenvalue weighted by Gasteiger charge is -2.40. The van der Waals surface area contributed by atoms with E-state index in [0.717, 1.165) is 12.8 Å². The topological polar surface area (TPSA) is 80.9 Å². The molecule has 1 aromatic heterocycles. The Kier molecular flexibility index (Phi) is 3.51. The van der Waals surface area contributed by atoms with Gasteiger partial charge in [0, 0.05) is 11.3 Å². The minimum atomic E-state index is -0.204. The number of hydrogen-bond donors (Lipinski definition) is 2. The van der Waals surface area contributed by atoms with Crippen molar-refractivity contribution in [3.05, 3.63) is 18.1 Å². The van der Waals surface area contributed by atoms with Crippen molar-refractivity contribution < 1.29 is 4.79 Å². The maximum absolute atomic E-state index is 11.8. The van der Waals surface area contributed by atoms with Gasteiger partial charge in [0.2, 0.25) is 0 Å². The highest BCUT2D eigenvalue weighted by Crippen LogP contribution is 2.42. The summed E-state index contributed by atoms with van der Waals surface area (Å²) in [6.45, 7) is 0.684. The van der Waals surface area contributed by atoms with Crippen LogP contribution in [0.15, 0.2) is 12.4 Å². The molecule has 0 bridgehead atoms. The number of anilines is 1. The molecule has 0 radical (unpaired) electrons. The zero-order chi connectivity index (χ0) is 12.3. The van der Waals surface area contributed by atoms with Gasteiger partial charge in [-0.1, -0.05) is 6.42 Å². The van der Waals surface area contributed by atoms with E-state index in [1.54, 1.807) is 0 Å². The molecule has 0 saturated heterocycles. The third kappa shape index (κ3) is 2.69. The van der Waals surface area contributed by atoms with Gasteiger partial charge in [-0.05, 0) is 19.1 Å². The van der Waals surface area contributed by atoms with Crippen molar-refractivity contribution in [1.82, 2.24) is 15.3 Å². The third-order valence-corrected chi connectivity index (χ3v) is 4.57. The largest absolute Gasteiger partial charge is 0.382 e. The fourth-order valence-corrected chi connectivity index (χ4v) is 2.76. The number of nitrogens with zero attached hydrogens (tertiary/aromatic N) is 2. The summed E-state index contributed by atoms with van der Waals surface area (Å²) in [5, 5.41) is 2.90. The van der Waals surface area contributed by atoms with Crippen LogP contribution in [-0.4, -0.2) is 33.4 Å². The Bertz CT molecular complexity index is 414. The summed E-state index contributed by atoms with van der Waals surface area (Å²) in [6, 6.07) is 0. The van der Waals surface area contributed by atoms with Crippen LogP contribution in [0.1, 0.15) is 29.8 Å². The zero-order valence-corrected chi connectivity index (χ0v) is 10.6. The van der Waals surface area contributed by atoms with Gasteiger partial charge in [-0.15, -0.1) is 0 Å². The van der Waals surface area contributed by atoms with Crippen molar-refractivity contribution >= 4 is 23.5 Å². The highest BCUT2D eigenvalue weighted by molar-refractivity contribution is 8.00. The fourth-order valence-electron chi connectivity index (χ4n) is 1.85. The first-order valence-electron chi connectivity index (χ1n) is 5.56. The van der Waals surface area contributed by atoms with E-state index in [4.69, 9.17) is 5.73 Å². The average Bonchev–Trinajstić information content (AvgIpc) is 2.28. The minimum Gasteiger partial charge on any atom is -0.382 e. The Labute approximate surface area is 105 Å². The summed E-state index contributed by atoms with van der Waals surface area (Å²) in [6.07, 6.45) is 8.51. The first-order valence-corrected chi connectivity index (χ1v) is 6.79. The summed E-state index contributed by atoms with van der Waals surface area (Å²) in [7, 11) is 0. The highest BCUT2D eigenvalue weighted by Gasteiger charge is 2.36. The van der Waals surface area contributed by atoms with E-state index >= 15 is 0 Å². The van der Waals surface area contributed by atoms with E-state index in [1.165, 1.54) is 18.8 Å². The Morgan fingerprint density at radius 3 is 2.88 bits per heavy atom. The number of nitrogen functional groups attached to an aromatic ring is 1. The Morgan fingerprint density at radius 1 is 1.59 bits per heavy atom. The lowest BCUT2D eigenvalue weighted by Crippen LogP contribution is -2.45. The summed E-state index contributed by atoms with van der Waals surface area (Å²) in [5.41, 5.74) is 5.76. The molecule has 17 heavy (non-hydrogen) atoms. The van der Waals surface area contributed by atoms with Crippen LogP contribution in [-0.2, 0) is 0 Å². The maximum Gasteiger partial charge on any atom is 0.271 e. The van der Waals surface area contributed by atoms with Gasteiger partial charge in [0.05, 0.1) is 12.4 Å². The van der Waals surface area contributed by atoms with Crippen molar-refractivity contribution in [1.29, 1.82) is 0 Å². The van der Waals surface area contributed by atoms with Gasteiger partial charge >= 0.3 is 0 Å². The molecule has 1 saturated carbocycles. The molecule has 1 aliphatic rings. The van der Waals surface area contributed by atoms with Gasteiger partial charge in [0.25, 0.3) is 5.91 Å². The molecule has 0 aromatic carbocycles. The molecule has 5 nitrogen and oxygen atoms in total. The van der Waals surface area contributed by atoms with Crippen LogP contribution in [0.25, 0.3) is 0 Å². The van der Waals surface area contributed by atoms with Gasteiger partial charge in [-0.3, -0.25) is 9.78 Å². The molecule has 0 atom stereocenters. The summed E-state index contributed by atoms with van der Waals surface area (Å²) < 4.78 is 0.226. The number of amides is 1. The van der Waals surface area contributed by atoms with Crippen molar-refractivity contribution in [3.63, 3.8) is 0 Å². The van der Waals surface area contributed by atoms with E-state index in [2.05, 4.69) is 21.5 Å². The number of nitrogens with two attached hydrogens (primary N) is 1. The first kappa shape index (κ1) is 12.2. The van der Waals surface area contributed by atoms with Gasteiger partial charge in [0.1, 0.15) is 11.5 Å². The molecule has 1 aromatic rings. The lowest BCUT2D eigenvalue weighted by atomic mass is 9.84. The highest BCUT2D eigenvalue weighted by atomic mass is 32.2. The third-order valence-electron chi connectivity index (χ3n) is 3.15. The van der Waals surface area contributed by atoms with Crippen LogP contribution < -0.4 is 11.1 Å². The molecule has 1 aliphatic carbocycles. The summed E-state index contributed by atoms with van der Waals surface area (Å²) >= 11 is 1.82. The number of carbonyl (C=O) groups is 1. The van der Waals surface area contributed by atoms with Gasteiger partial charge in [-0.25, -0.2) is 4.98 Å².